The second kappa shape index (κ2) is 5.27. The Morgan fingerprint density at radius 2 is 1.94 bits per heavy atom. The number of carbonyl (C=O) groups is 2. The highest BCUT2D eigenvalue weighted by Gasteiger charge is 2.26. The number of carbonyl (C=O) groups excluding carboxylic acids is 2. The largest absolute Gasteiger partial charge is 0.378 e. The van der Waals surface area contributed by atoms with E-state index in [0.717, 1.165) is 0 Å². The zero-order valence-corrected chi connectivity index (χ0v) is 9.78. The predicted molar refractivity (Wildman–Crippen MR) is 58.7 cm³/mol. The van der Waals surface area contributed by atoms with Gasteiger partial charge in [-0.25, -0.2) is 0 Å². The van der Waals surface area contributed by atoms with Crippen molar-refractivity contribution in [1.29, 1.82) is 0 Å². The van der Waals surface area contributed by atoms with E-state index in [0.29, 0.717) is 26.3 Å². The summed E-state index contributed by atoms with van der Waals surface area (Å²) in [7, 11) is 0. The van der Waals surface area contributed by atoms with Crippen molar-refractivity contribution in [3.05, 3.63) is 0 Å². The fraction of sp³-hybridized carbons (Fsp3) is 0.800. The Balaban J connectivity index is 2.37. The van der Waals surface area contributed by atoms with E-state index in [1.54, 1.807) is 18.7 Å². The summed E-state index contributed by atoms with van der Waals surface area (Å²) in [5, 5.41) is 2.85. The number of primary amides is 1. The van der Waals surface area contributed by atoms with Gasteiger partial charge >= 0.3 is 0 Å². The van der Waals surface area contributed by atoms with Crippen LogP contribution in [0.1, 0.15) is 13.8 Å². The van der Waals surface area contributed by atoms with Crippen LogP contribution in [0.5, 0.6) is 0 Å². The van der Waals surface area contributed by atoms with Crippen molar-refractivity contribution in [3.8, 4) is 0 Å². The fourth-order valence-electron chi connectivity index (χ4n) is 1.31. The summed E-state index contributed by atoms with van der Waals surface area (Å²) in [4.78, 5) is 24.5. The van der Waals surface area contributed by atoms with Crippen molar-refractivity contribution in [2.75, 3.05) is 32.8 Å². The van der Waals surface area contributed by atoms with Crippen molar-refractivity contribution < 1.29 is 14.3 Å². The van der Waals surface area contributed by atoms with Gasteiger partial charge in [-0.2, -0.15) is 0 Å². The van der Waals surface area contributed by atoms with Gasteiger partial charge in [-0.05, 0) is 13.8 Å². The van der Waals surface area contributed by atoms with Gasteiger partial charge < -0.3 is 15.4 Å². The lowest BCUT2D eigenvalue weighted by atomic mass is 10.1. The van der Waals surface area contributed by atoms with E-state index < -0.39 is 11.4 Å². The third-order valence-corrected chi connectivity index (χ3v) is 2.66. The number of morpholine rings is 1. The van der Waals surface area contributed by atoms with Crippen LogP contribution in [0.15, 0.2) is 0 Å². The van der Waals surface area contributed by atoms with Crippen LogP contribution in [0.25, 0.3) is 0 Å². The Bertz CT molecular complexity index is 272. The molecule has 0 spiro atoms. The molecule has 2 amide bonds. The minimum Gasteiger partial charge on any atom is -0.378 e. The highest BCUT2D eigenvalue weighted by Crippen LogP contribution is 2.01. The summed E-state index contributed by atoms with van der Waals surface area (Å²) in [5.41, 5.74) is 4.33. The van der Waals surface area contributed by atoms with Crippen molar-refractivity contribution in [3.63, 3.8) is 0 Å². The predicted octanol–water partition coefficient (Wildman–Crippen LogP) is -1.30. The fourth-order valence-corrected chi connectivity index (χ4v) is 1.31. The van der Waals surface area contributed by atoms with Gasteiger partial charge in [0, 0.05) is 13.1 Å². The first kappa shape index (κ1) is 12.9. The summed E-state index contributed by atoms with van der Waals surface area (Å²) in [5.74, 6) is -0.500. The minimum absolute atomic E-state index is 0.0300. The Hall–Kier alpha value is -1.14. The number of hydrogen-bond acceptors (Lipinski definition) is 4. The molecule has 3 N–H and O–H groups in total. The molecule has 0 radical (unpaired) electrons. The van der Waals surface area contributed by atoms with E-state index >= 15 is 0 Å². The molecule has 0 atom stereocenters. The summed E-state index contributed by atoms with van der Waals surface area (Å²) in [6, 6.07) is 0. The molecule has 0 aromatic rings. The molecule has 0 unspecified atom stereocenters. The van der Waals surface area contributed by atoms with Crippen LogP contribution < -0.4 is 11.1 Å². The normalized spacial score (nSPS) is 17.2. The van der Waals surface area contributed by atoms with E-state index in [-0.39, 0.29) is 12.5 Å². The van der Waals surface area contributed by atoms with Gasteiger partial charge in [0.1, 0.15) is 0 Å². The van der Waals surface area contributed by atoms with Gasteiger partial charge in [-0.3, -0.25) is 14.9 Å². The maximum absolute atomic E-state index is 11.7. The quantitative estimate of drug-likeness (QED) is 0.627. The van der Waals surface area contributed by atoms with Crippen molar-refractivity contribution >= 4 is 11.8 Å². The average Bonchev–Trinajstić information content (AvgIpc) is 2.27. The van der Waals surface area contributed by atoms with E-state index in [1.807, 2.05) is 0 Å². The number of amides is 2. The standard InChI is InChI=1S/C10H19N3O3/c1-10(2,9(11)15)12-7-8(14)13-3-5-16-6-4-13/h12H,3-7H2,1-2H3,(H2,11,15). The first-order valence-corrected chi connectivity index (χ1v) is 5.34. The molecule has 1 fully saturated rings. The molecule has 0 bridgehead atoms. The molecule has 16 heavy (non-hydrogen) atoms. The van der Waals surface area contributed by atoms with Crippen LogP contribution >= 0.6 is 0 Å². The van der Waals surface area contributed by atoms with Crippen LogP contribution in [0.4, 0.5) is 0 Å². The summed E-state index contributed by atoms with van der Waals surface area (Å²) in [6.45, 7) is 5.80. The van der Waals surface area contributed by atoms with Gasteiger partial charge in [0.15, 0.2) is 0 Å². The lowest BCUT2D eigenvalue weighted by molar-refractivity contribution is -0.135. The number of rotatable bonds is 4. The monoisotopic (exact) mass is 229 g/mol. The van der Waals surface area contributed by atoms with Crippen LogP contribution in [0.2, 0.25) is 0 Å². The number of nitrogens with zero attached hydrogens (tertiary/aromatic N) is 1. The number of nitrogens with one attached hydrogen (secondary N) is 1. The maximum atomic E-state index is 11.7. The molecule has 1 saturated heterocycles. The number of ether oxygens (including phenoxy) is 1. The lowest BCUT2D eigenvalue weighted by Crippen LogP contribution is -2.54. The zero-order chi connectivity index (χ0) is 12.2. The lowest BCUT2D eigenvalue weighted by Gasteiger charge is -2.29. The molecular formula is C10H19N3O3. The average molecular weight is 229 g/mol. The second-order valence-electron chi connectivity index (χ2n) is 4.34. The molecular weight excluding hydrogens is 210 g/mol. The van der Waals surface area contributed by atoms with Crippen LogP contribution in [-0.2, 0) is 14.3 Å². The summed E-state index contributed by atoms with van der Waals surface area (Å²) >= 11 is 0. The molecule has 92 valence electrons. The van der Waals surface area contributed by atoms with Gasteiger partial charge in [-0.1, -0.05) is 0 Å². The van der Waals surface area contributed by atoms with Crippen molar-refractivity contribution in [2.24, 2.45) is 5.73 Å². The van der Waals surface area contributed by atoms with Crippen molar-refractivity contribution in [1.82, 2.24) is 10.2 Å². The molecule has 1 aliphatic rings. The molecule has 1 rings (SSSR count). The van der Waals surface area contributed by atoms with E-state index in [2.05, 4.69) is 5.32 Å². The summed E-state index contributed by atoms with van der Waals surface area (Å²) in [6.07, 6.45) is 0. The minimum atomic E-state index is -0.859. The number of hydrogen-bond donors (Lipinski definition) is 2. The van der Waals surface area contributed by atoms with Gasteiger partial charge in [0.2, 0.25) is 11.8 Å². The SMILES string of the molecule is CC(C)(NCC(=O)N1CCOCC1)C(N)=O. The highest BCUT2D eigenvalue weighted by atomic mass is 16.5. The Labute approximate surface area is 95.1 Å². The second-order valence-corrected chi connectivity index (χ2v) is 4.34. The molecule has 0 saturated carbocycles. The number of nitrogens with two attached hydrogens (primary N) is 1. The molecule has 0 aromatic heterocycles. The van der Waals surface area contributed by atoms with Crippen LogP contribution in [-0.4, -0.2) is 55.1 Å². The van der Waals surface area contributed by atoms with E-state index in [9.17, 15) is 9.59 Å². The van der Waals surface area contributed by atoms with E-state index in [4.69, 9.17) is 10.5 Å². The smallest absolute Gasteiger partial charge is 0.237 e. The van der Waals surface area contributed by atoms with Crippen LogP contribution in [0.3, 0.4) is 0 Å². The first-order chi connectivity index (χ1) is 7.43. The maximum Gasteiger partial charge on any atom is 0.237 e. The van der Waals surface area contributed by atoms with Gasteiger partial charge in [-0.15, -0.1) is 0 Å². The third-order valence-electron chi connectivity index (χ3n) is 2.66. The Morgan fingerprint density at radius 3 is 2.44 bits per heavy atom. The molecule has 0 aromatic carbocycles. The van der Waals surface area contributed by atoms with Crippen molar-refractivity contribution in [2.45, 2.75) is 19.4 Å². The molecule has 6 heteroatoms. The van der Waals surface area contributed by atoms with Crippen LogP contribution in [0, 0.1) is 0 Å². The molecule has 1 aliphatic heterocycles. The third kappa shape index (κ3) is 3.46. The Morgan fingerprint density at radius 1 is 1.38 bits per heavy atom. The highest BCUT2D eigenvalue weighted by molar-refractivity contribution is 5.85. The summed E-state index contributed by atoms with van der Waals surface area (Å²) < 4.78 is 5.15. The molecule has 6 nitrogen and oxygen atoms in total. The van der Waals surface area contributed by atoms with E-state index in [1.165, 1.54) is 0 Å². The zero-order valence-electron chi connectivity index (χ0n) is 9.78. The van der Waals surface area contributed by atoms with Gasteiger partial charge in [0.25, 0.3) is 0 Å². The molecule has 1 heterocycles. The first-order valence-electron chi connectivity index (χ1n) is 5.34. The molecule has 0 aliphatic carbocycles. The topological polar surface area (TPSA) is 84.7 Å². The van der Waals surface area contributed by atoms with Gasteiger partial charge in [0.05, 0.1) is 25.3 Å². The Kier molecular flexibility index (Phi) is 4.26.